The second-order valence-corrected chi connectivity index (χ2v) is 3.83. The number of halogens is 1. The second kappa shape index (κ2) is 3.49. The summed E-state index contributed by atoms with van der Waals surface area (Å²) in [5.41, 5.74) is -0.282. The number of hydrogen-bond acceptors (Lipinski definition) is 3. The van der Waals surface area contributed by atoms with Gasteiger partial charge in [0.2, 0.25) is 0 Å². The summed E-state index contributed by atoms with van der Waals surface area (Å²) in [5, 5.41) is 4.10. The molecule has 0 saturated heterocycles. The van der Waals surface area contributed by atoms with E-state index in [1.54, 1.807) is 18.2 Å². The molecule has 0 radical (unpaired) electrons. The monoisotopic (exact) mass is 300 g/mol. The van der Waals surface area contributed by atoms with E-state index in [0.717, 1.165) is 5.39 Å². The van der Waals surface area contributed by atoms with Crippen molar-refractivity contribution in [2.75, 3.05) is 0 Å². The van der Waals surface area contributed by atoms with Crippen LogP contribution in [0.4, 0.5) is 5.82 Å². The summed E-state index contributed by atoms with van der Waals surface area (Å²) < 4.78 is 0.674. The molecule has 4 nitrogen and oxygen atoms in total. The van der Waals surface area contributed by atoms with Crippen molar-refractivity contribution in [1.29, 1.82) is 0 Å². The van der Waals surface area contributed by atoms with E-state index in [1.807, 2.05) is 28.7 Å². The van der Waals surface area contributed by atoms with Crippen molar-refractivity contribution < 1.29 is 0 Å². The topological polar surface area (TPSA) is 62.3 Å². The van der Waals surface area contributed by atoms with Crippen LogP contribution in [0.1, 0.15) is 0 Å². The highest BCUT2D eigenvalue weighted by Gasteiger charge is 2.08. The molecule has 70 valence electrons. The molecular formula is C9H5IN2O2. The molecule has 2 rings (SSSR count). The summed E-state index contributed by atoms with van der Waals surface area (Å²) in [6, 6.07) is 7.10. The van der Waals surface area contributed by atoms with Crippen LogP contribution in [0, 0.1) is 8.48 Å². The smallest absolute Gasteiger partial charge is 0.257 e. The van der Waals surface area contributed by atoms with E-state index < -0.39 is 0 Å². The molecule has 0 atom stereocenters. The Hall–Kier alpha value is -1.24. The number of H-pyrrole nitrogens is 1. The Kier molecular flexibility index (Phi) is 2.32. The number of aromatic nitrogens is 1. The quantitative estimate of drug-likeness (QED) is 0.650. The number of pyridine rings is 1. The SMILES string of the molecule is O=Nc1[nH]c(=O)c2ccccc2c1I. The third-order valence-corrected chi connectivity index (χ3v) is 3.03. The summed E-state index contributed by atoms with van der Waals surface area (Å²) >= 11 is 1.99. The lowest BCUT2D eigenvalue weighted by atomic mass is 10.2. The third-order valence-electron chi connectivity index (χ3n) is 1.94. The molecule has 1 heterocycles. The molecule has 0 bridgehead atoms. The second-order valence-electron chi connectivity index (χ2n) is 2.75. The zero-order valence-electron chi connectivity index (χ0n) is 6.95. The first-order valence-electron chi connectivity index (χ1n) is 3.88. The maximum absolute atomic E-state index is 11.5. The predicted molar refractivity (Wildman–Crippen MR) is 62.7 cm³/mol. The molecule has 0 aliphatic rings. The largest absolute Gasteiger partial charge is 0.303 e. The van der Waals surface area contributed by atoms with Crippen LogP contribution in [0.15, 0.2) is 34.2 Å². The summed E-state index contributed by atoms with van der Waals surface area (Å²) in [6.45, 7) is 0. The molecule has 5 heteroatoms. The van der Waals surface area contributed by atoms with Crippen LogP contribution in [0.5, 0.6) is 0 Å². The summed E-state index contributed by atoms with van der Waals surface area (Å²) in [5.74, 6) is 0.0919. The van der Waals surface area contributed by atoms with Crippen LogP contribution >= 0.6 is 22.6 Å². The molecule has 0 saturated carbocycles. The number of hydrogen-bond donors (Lipinski definition) is 1. The van der Waals surface area contributed by atoms with Gasteiger partial charge in [0.1, 0.15) is 0 Å². The van der Waals surface area contributed by atoms with Gasteiger partial charge in [0.05, 0.1) is 3.57 Å². The molecule has 0 unspecified atom stereocenters. The lowest BCUT2D eigenvalue weighted by Crippen LogP contribution is -2.06. The van der Waals surface area contributed by atoms with Crippen molar-refractivity contribution in [3.05, 3.63) is 43.1 Å². The van der Waals surface area contributed by atoms with Crippen LogP contribution in [0.2, 0.25) is 0 Å². The average Bonchev–Trinajstić information content (AvgIpc) is 2.23. The maximum Gasteiger partial charge on any atom is 0.257 e. The van der Waals surface area contributed by atoms with Gasteiger partial charge in [-0.3, -0.25) is 4.79 Å². The van der Waals surface area contributed by atoms with Crippen molar-refractivity contribution >= 4 is 39.2 Å². The average molecular weight is 300 g/mol. The fourth-order valence-corrected chi connectivity index (χ4v) is 2.00. The number of rotatable bonds is 1. The van der Waals surface area contributed by atoms with E-state index in [2.05, 4.69) is 10.2 Å². The first-order chi connectivity index (χ1) is 6.74. The number of nitroso groups, excluding NO2 is 1. The Morgan fingerprint density at radius 2 is 1.86 bits per heavy atom. The first-order valence-corrected chi connectivity index (χ1v) is 4.96. The van der Waals surface area contributed by atoms with Crippen molar-refractivity contribution in [3.8, 4) is 0 Å². The van der Waals surface area contributed by atoms with E-state index in [9.17, 15) is 9.70 Å². The Labute approximate surface area is 92.5 Å². The van der Waals surface area contributed by atoms with Crippen LogP contribution in [0.25, 0.3) is 10.8 Å². The van der Waals surface area contributed by atoms with Crippen LogP contribution in [0.3, 0.4) is 0 Å². The first kappa shape index (κ1) is 9.32. The van der Waals surface area contributed by atoms with Gasteiger partial charge < -0.3 is 4.98 Å². The molecule has 0 spiro atoms. The van der Waals surface area contributed by atoms with Crippen molar-refractivity contribution in [1.82, 2.24) is 4.98 Å². The Bertz CT molecular complexity index is 562. The van der Waals surface area contributed by atoms with Gasteiger partial charge in [-0.1, -0.05) is 18.2 Å². The lowest BCUT2D eigenvalue weighted by molar-refractivity contribution is 1.22. The van der Waals surface area contributed by atoms with E-state index in [1.165, 1.54) is 0 Å². The number of nitrogens with zero attached hydrogens (tertiary/aromatic N) is 1. The molecule has 1 N–H and O–H groups in total. The summed E-state index contributed by atoms with van der Waals surface area (Å²) in [6.07, 6.45) is 0. The Morgan fingerprint density at radius 1 is 1.21 bits per heavy atom. The minimum Gasteiger partial charge on any atom is -0.303 e. The number of fused-ring (bicyclic) bond motifs is 1. The van der Waals surface area contributed by atoms with Crippen molar-refractivity contribution in [3.63, 3.8) is 0 Å². The minimum absolute atomic E-state index is 0.0919. The molecule has 0 aliphatic carbocycles. The number of aromatic amines is 1. The molecule has 0 fully saturated rings. The summed E-state index contributed by atoms with van der Waals surface area (Å²) in [7, 11) is 0. The van der Waals surface area contributed by atoms with Gasteiger partial charge in [-0.2, -0.15) is 0 Å². The molecule has 1 aromatic carbocycles. The molecule has 14 heavy (non-hydrogen) atoms. The zero-order chi connectivity index (χ0) is 10.1. The van der Waals surface area contributed by atoms with Gasteiger partial charge in [-0.15, -0.1) is 4.91 Å². The van der Waals surface area contributed by atoms with E-state index in [0.29, 0.717) is 8.96 Å². The normalized spacial score (nSPS) is 10.4. The molecule has 0 amide bonds. The zero-order valence-corrected chi connectivity index (χ0v) is 9.11. The van der Waals surface area contributed by atoms with Gasteiger partial charge in [-0.25, -0.2) is 0 Å². The van der Waals surface area contributed by atoms with Crippen LogP contribution < -0.4 is 5.56 Å². The predicted octanol–water partition coefficient (Wildman–Crippen LogP) is 2.53. The highest BCUT2D eigenvalue weighted by atomic mass is 127. The summed E-state index contributed by atoms with van der Waals surface area (Å²) in [4.78, 5) is 24.3. The fraction of sp³-hybridized carbons (Fsp3) is 0. The number of benzene rings is 1. The van der Waals surface area contributed by atoms with Gasteiger partial charge in [0.25, 0.3) is 5.56 Å². The van der Waals surface area contributed by atoms with Crippen molar-refractivity contribution in [2.45, 2.75) is 0 Å². The van der Waals surface area contributed by atoms with Crippen LogP contribution in [-0.4, -0.2) is 4.98 Å². The molecule has 2 aromatic rings. The molecular weight excluding hydrogens is 295 g/mol. The maximum atomic E-state index is 11.5. The fourth-order valence-electron chi connectivity index (χ4n) is 1.29. The Morgan fingerprint density at radius 3 is 2.50 bits per heavy atom. The van der Waals surface area contributed by atoms with Gasteiger partial charge in [0.15, 0.2) is 5.82 Å². The number of nitrogens with one attached hydrogen (secondary N) is 1. The van der Waals surface area contributed by atoms with E-state index in [-0.39, 0.29) is 11.4 Å². The standard InChI is InChI=1S/C9H5IN2O2/c10-7-5-3-1-2-4-6(5)9(13)11-8(7)12-14/h1-4H,(H,11,13). The lowest BCUT2D eigenvalue weighted by Gasteiger charge is -2.00. The minimum atomic E-state index is -0.282. The van der Waals surface area contributed by atoms with E-state index in [4.69, 9.17) is 0 Å². The Balaban J connectivity index is 3.02. The highest BCUT2D eigenvalue weighted by molar-refractivity contribution is 14.1. The van der Waals surface area contributed by atoms with Gasteiger partial charge >= 0.3 is 0 Å². The highest BCUT2D eigenvalue weighted by Crippen LogP contribution is 2.24. The molecule has 1 aromatic heterocycles. The molecule has 0 aliphatic heterocycles. The van der Waals surface area contributed by atoms with Crippen molar-refractivity contribution in [2.24, 2.45) is 5.18 Å². The van der Waals surface area contributed by atoms with Gasteiger partial charge in [-0.05, 0) is 33.8 Å². The van der Waals surface area contributed by atoms with Gasteiger partial charge in [0, 0.05) is 10.8 Å². The van der Waals surface area contributed by atoms with E-state index >= 15 is 0 Å². The third kappa shape index (κ3) is 1.33. The van der Waals surface area contributed by atoms with Crippen LogP contribution in [-0.2, 0) is 0 Å².